The largest absolute Gasteiger partial charge is 0.508 e. The van der Waals surface area contributed by atoms with Crippen molar-refractivity contribution >= 4 is 13.4 Å². The molecule has 0 aliphatic carbocycles. The molecular formula is C14H16NO5P. The van der Waals surface area contributed by atoms with E-state index in [0.717, 1.165) is 5.56 Å². The summed E-state index contributed by atoms with van der Waals surface area (Å²) in [5, 5.41) is 21.1. The molecule has 0 saturated carbocycles. The molecule has 2 aromatic carbocycles. The van der Waals surface area contributed by atoms with E-state index in [0.29, 0.717) is 18.4 Å². The van der Waals surface area contributed by atoms with Crippen LogP contribution in [-0.2, 0) is 17.4 Å². The smallest absolute Gasteiger partial charge is 0.427 e. The van der Waals surface area contributed by atoms with Gasteiger partial charge < -0.3 is 20.0 Å². The van der Waals surface area contributed by atoms with Crippen LogP contribution in [0, 0.1) is 0 Å². The Morgan fingerprint density at radius 1 is 0.952 bits per heavy atom. The molecule has 6 nitrogen and oxygen atoms in total. The Labute approximate surface area is 121 Å². The molecule has 0 spiro atoms. The molecule has 0 saturated heterocycles. The van der Waals surface area contributed by atoms with E-state index in [2.05, 4.69) is 5.09 Å². The van der Waals surface area contributed by atoms with E-state index in [1.165, 1.54) is 18.2 Å². The average molecular weight is 309 g/mol. The summed E-state index contributed by atoms with van der Waals surface area (Å²) in [6.45, 7) is 0. The second kappa shape index (κ2) is 6.18. The molecule has 21 heavy (non-hydrogen) atoms. The van der Waals surface area contributed by atoms with Crippen molar-refractivity contribution in [3.63, 3.8) is 0 Å². The Hall–Kier alpha value is -2.01. The van der Waals surface area contributed by atoms with Gasteiger partial charge in [-0.05, 0) is 54.3 Å². The van der Waals surface area contributed by atoms with Gasteiger partial charge in [-0.3, -0.25) is 5.09 Å². The Balaban J connectivity index is 2.18. The first kappa shape index (κ1) is 15.4. The molecule has 0 aliphatic heterocycles. The lowest BCUT2D eigenvalue weighted by molar-refractivity contribution is 0.380. The topological polar surface area (TPSA) is 110 Å². The van der Waals surface area contributed by atoms with Gasteiger partial charge in [0.1, 0.15) is 11.5 Å². The average Bonchev–Trinajstić information content (AvgIpc) is 2.38. The fraction of sp³-hybridized carbons (Fsp3) is 0.143. The van der Waals surface area contributed by atoms with E-state index in [1.54, 1.807) is 18.2 Å². The van der Waals surface area contributed by atoms with Gasteiger partial charge in [-0.2, -0.15) is 0 Å². The highest BCUT2D eigenvalue weighted by Crippen LogP contribution is 2.37. The number of phenolic OH excluding ortho intramolecular Hbond substituents is 2. The number of aryl methyl sites for hydroxylation is 2. The van der Waals surface area contributed by atoms with Crippen molar-refractivity contribution in [2.75, 3.05) is 5.09 Å². The predicted octanol–water partition coefficient (Wildman–Crippen LogP) is 2.39. The summed E-state index contributed by atoms with van der Waals surface area (Å²) in [5.74, 6) is 0.189. The monoisotopic (exact) mass is 309 g/mol. The Bertz CT molecular complexity index is 683. The van der Waals surface area contributed by atoms with Crippen molar-refractivity contribution in [3.8, 4) is 11.5 Å². The van der Waals surface area contributed by atoms with Gasteiger partial charge in [0, 0.05) is 5.69 Å². The Kier molecular flexibility index (Phi) is 4.53. The van der Waals surface area contributed by atoms with Crippen LogP contribution in [0.1, 0.15) is 11.1 Å². The van der Waals surface area contributed by atoms with Crippen molar-refractivity contribution in [1.82, 2.24) is 0 Å². The number of hydrogen-bond acceptors (Lipinski definition) is 3. The van der Waals surface area contributed by atoms with Crippen LogP contribution in [0.4, 0.5) is 5.69 Å². The van der Waals surface area contributed by atoms with E-state index >= 15 is 0 Å². The third-order valence-electron chi connectivity index (χ3n) is 2.95. The first-order valence-corrected chi connectivity index (χ1v) is 7.88. The summed E-state index contributed by atoms with van der Waals surface area (Å²) in [6.07, 6.45) is 1.02. The molecule has 0 amide bonds. The lowest BCUT2D eigenvalue weighted by Crippen LogP contribution is -2.00. The van der Waals surface area contributed by atoms with E-state index in [1.807, 2.05) is 6.07 Å². The van der Waals surface area contributed by atoms with Gasteiger partial charge >= 0.3 is 7.75 Å². The minimum absolute atomic E-state index is 0.0252. The molecule has 112 valence electrons. The zero-order chi connectivity index (χ0) is 15.5. The van der Waals surface area contributed by atoms with E-state index in [4.69, 9.17) is 9.79 Å². The maximum atomic E-state index is 11.0. The van der Waals surface area contributed by atoms with Gasteiger partial charge in [0.25, 0.3) is 0 Å². The quantitative estimate of drug-likeness (QED) is 0.428. The molecule has 5 N–H and O–H groups in total. The second-order valence-electron chi connectivity index (χ2n) is 4.67. The summed E-state index contributed by atoms with van der Waals surface area (Å²) < 4.78 is 11.0. The maximum Gasteiger partial charge on any atom is 0.427 e. The standard InChI is InChI=1S/C14H16NO5P/c16-12-3-1-2-10(8-12)4-5-11-9-13(17)6-7-14(11)15-21(18,19)20/h1-3,6-9,16-17H,4-5H2,(H3,15,18,19,20). The summed E-state index contributed by atoms with van der Waals surface area (Å²) >= 11 is 0. The summed E-state index contributed by atoms with van der Waals surface area (Å²) in [5.41, 5.74) is 1.75. The van der Waals surface area contributed by atoms with Gasteiger partial charge in [-0.1, -0.05) is 12.1 Å². The normalized spacial score (nSPS) is 11.3. The molecule has 0 unspecified atom stereocenters. The number of hydrogen-bond donors (Lipinski definition) is 5. The highest BCUT2D eigenvalue weighted by Gasteiger charge is 2.15. The molecule has 0 radical (unpaired) electrons. The third-order valence-corrected chi connectivity index (χ3v) is 3.48. The Morgan fingerprint density at radius 2 is 1.67 bits per heavy atom. The summed E-state index contributed by atoms with van der Waals surface area (Å²) in [7, 11) is -4.40. The van der Waals surface area contributed by atoms with Gasteiger partial charge in [0.2, 0.25) is 0 Å². The molecule has 0 bridgehead atoms. The molecular weight excluding hydrogens is 293 g/mol. The third kappa shape index (κ3) is 4.79. The SMILES string of the molecule is O=P(O)(O)Nc1ccc(O)cc1CCc1cccc(O)c1. The van der Waals surface area contributed by atoms with Crippen LogP contribution >= 0.6 is 7.75 Å². The van der Waals surface area contributed by atoms with Crippen molar-refractivity contribution in [2.45, 2.75) is 12.8 Å². The number of nitrogens with one attached hydrogen (secondary N) is 1. The zero-order valence-corrected chi connectivity index (χ0v) is 12.0. The van der Waals surface area contributed by atoms with Crippen LogP contribution in [0.25, 0.3) is 0 Å². The fourth-order valence-electron chi connectivity index (χ4n) is 2.04. The first-order chi connectivity index (χ1) is 9.83. The second-order valence-corrected chi connectivity index (χ2v) is 5.98. The number of benzene rings is 2. The van der Waals surface area contributed by atoms with Crippen molar-refractivity contribution < 1.29 is 24.6 Å². The predicted molar refractivity (Wildman–Crippen MR) is 79.3 cm³/mol. The maximum absolute atomic E-state index is 11.0. The number of anilines is 1. The zero-order valence-electron chi connectivity index (χ0n) is 11.1. The minimum Gasteiger partial charge on any atom is -0.508 e. The molecule has 0 atom stereocenters. The lowest BCUT2D eigenvalue weighted by Gasteiger charge is -2.13. The van der Waals surface area contributed by atoms with Gasteiger partial charge in [0.05, 0.1) is 0 Å². The van der Waals surface area contributed by atoms with Crippen molar-refractivity contribution in [3.05, 3.63) is 53.6 Å². The highest BCUT2D eigenvalue weighted by molar-refractivity contribution is 7.53. The van der Waals surface area contributed by atoms with Crippen molar-refractivity contribution in [2.24, 2.45) is 0 Å². The first-order valence-electron chi connectivity index (χ1n) is 6.27. The molecule has 2 aromatic rings. The summed E-state index contributed by atoms with van der Waals surface area (Å²) in [4.78, 5) is 18.0. The molecule has 0 aliphatic rings. The van der Waals surface area contributed by atoms with Crippen LogP contribution < -0.4 is 5.09 Å². The molecule has 7 heteroatoms. The Morgan fingerprint density at radius 3 is 2.33 bits per heavy atom. The number of rotatable bonds is 5. The van der Waals surface area contributed by atoms with Crippen LogP contribution in [0.5, 0.6) is 11.5 Å². The lowest BCUT2D eigenvalue weighted by atomic mass is 10.0. The van der Waals surface area contributed by atoms with Crippen molar-refractivity contribution in [1.29, 1.82) is 0 Å². The van der Waals surface area contributed by atoms with Gasteiger partial charge in [-0.25, -0.2) is 4.57 Å². The van der Waals surface area contributed by atoms with Crippen LogP contribution in [0.2, 0.25) is 0 Å². The van der Waals surface area contributed by atoms with E-state index < -0.39 is 7.75 Å². The molecule has 2 rings (SSSR count). The fourth-order valence-corrected chi connectivity index (χ4v) is 2.58. The van der Waals surface area contributed by atoms with Gasteiger partial charge in [-0.15, -0.1) is 0 Å². The molecule has 0 heterocycles. The van der Waals surface area contributed by atoms with Crippen LogP contribution in [-0.4, -0.2) is 20.0 Å². The summed E-state index contributed by atoms with van der Waals surface area (Å²) in [6, 6.07) is 11.0. The number of phenols is 2. The van der Waals surface area contributed by atoms with Crippen LogP contribution in [0.3, 0.4) is 0 Å². The van der Waals surface area contributed by atoms with Crippen LogP contribution in [0.15, 0.2) is 42.5 Å². The highest BCUT2D eigenvalue weighted by atomic mass is 31.2. The van der Waals surface area contributed by atoms with E-state index in [-0.39, 0.29) is 17.2 Å². The van der Waals surface area contributed by atoms with Gasteiger partial charge in [0.15, 0.2) is 0 Å². The molecule has 0 fully saturated rings. The number of aromatic hydroxyl groups is 2. The van der Waals surface area contributed by atoms with E-state index in [9.17, 15) is 14.8 Å². The minimum atomic E-state index is -4.40. The molecule has 0 aromatic heterocycles.